The molecule has 4 aromatic carbocycles. The Labute approximate surface area is 208 Å². The minimum absolute atomic E-state index is 0.207. The molecule has 0 aromatic heterocycles. The lowest BCUT2D eigenvalue weighted by Gasteiger charge is -2.13. The summed E-state index contributed by atoms with van der Waals surface area (Å²) in [6.07, 6.45) is 1.70. The molecule has 0 radical (unpaired) electrons. The minimum atomic E-state index is -0.438. The van der Waals surface area contributed by atoms with Gasteiger partial charge in [0.1, 0.15) is 18.1 Å². The molecule has 1 heterocycles. The molecule has 0 atom stereocenters. The molecule has 0 unspecified atom stereocenters. The predicted octanol–water partition coefficient (Wildman–Crippen LogP) is 6.47. The number of urea groups is 1. The number of aryl methyl sites for hydroxylation is 1. The van der Waals surface area contributed by atoms with E-state index < -0.39 is 6.03 Å². The summed E-state index contributed by atoms with van der Waals surface area (Å²) in [5.41, 5.74) is 3.89. The number of fused-ring (bicyclic) bond motifs is 1. The van der Waals surface area contributed by atoms with Crippen molar-refractivity contribution in [1.29, 1.82) is 0 Å². The molecule has 1 N–H and O–H groups in total. The highest BCUT2D eigenvalue weighted by atomic mass is 35.5. The van der Waals surface area contributed by atoms with E-state index in [4.69, 9.17) is 16.3 Å². The number of amides is 3. The fourth-order valence-corrected chi connectivity index (χ4v) is 4.27. The Bertz CT molecular complexity index is 1460. The Morgan fingerprint density at radius 2 is 1.71 bits per heavy atom. The van der Waals surface area contributed by atoms with Crippen LogP contribution in [0.15, 0.2) is 90.6 Å². The first-order valence-electron chi connectivity index (χ1n) is 11.3. The van der Waals surface area contributed by atoms with E-state index in [0.717, 1.165) is 33.0 Å². The van der Waals surface area contributed by atoms with Crippen molar-refractivity contribution >= 4 is 40.4 Å². The van der Waals surface area contributed by atoms with Gasteiger partial charge in [-0.2, -0.15) is 0 Å². The summed E-state index contributed by atoms with van der Waals surface area (Å²) in [6, 6.07) is 26.5. The van der Waals surface area contributed by atoms with Gasteiger partial charge < -0.3 is 10.1 Å². The average molecular weight is 483 g/mol. The number of ether oxygens (including phenoxy) is 1. The van der Waals surface area contributed by atoms with Crippen LogP contribution in [0, 0.1) is 6.92 Å². The highest BCUT2D eigenvalue weighted by Gasteiger charge is 2.33. The summed E-state index contributed by atoms with van der Waals surface area (Å²) in [5, 5.41) is 5.33. The van der Waals surface area contributed by atoms with Crippen LogP contribution in [0.5, 0.6) is 5.75 Å². The summed E-state index contributed by atoms with van der Waals surface area (Å²) in [7, 11) is 0. The summed E-state index contributed by atoms with van der Waals surface area (Å²) in [5.74, 6) is 0.249. The van der Waals surface area contributed by atoms with Gasteiger partial charge in [0.05, 0.1) is 6.54 Å². The van der Waals surface area contributed by atoms with Gasteiger partial charge in [-0.1, -0.05) is 83.9 Å². The van der Waals surface area contributed by atoms with Crippen molar-refractivity contribution in [3.63, 3.8) is 0 Å². The second-order valence-corrected chi connectivity index (χ2v) is 8.92. The molecule has 1 fully saturated rings. The number of nitrogens with one attached hydrogen (secondary N) is 1. The molecule has 5 nitrogen and oxygen atoms in total. The molecule has 35 heavy (non-hydrogen) atoms. The Balaban J connectivity index is 1.47. The molecule has 174 valence electrons. The summed E-state index contributed by atoms with van der Waals surface area (Å²) in [6.45, 7) is 2.53. The predicted molar refractivity (Wildman–Crippen MR) is 138 cm³/mol. The average Bonchev–Trinajstić information content (AvgIpc) is 3.12. The van der Waals surface area contributed by atoms with Gasteiger partial charge in [0, 0.05) is 10.6 Å². The fraction of sp³-hybridized carbons (Fsp3) is 0.103. The van der Waals surface area contributed by atoms with E-state index in [1.165, 1.54) is 4.90 Å². The van der Waals surface area contributed by atoms with Crippen LogP contribution in [0.3, 0.4) is 0 Å². The van der Waals surface area contributed by atoms with Crippen molar-refractivity contribution in [2.75, 3.05) is 0 Å². The van der Waals surface area contributed by atoms with Crippen molar-refractivity contribution in [3.8, 4) is 5.75 Å². The first kappa shape index (κ1) is 22.7. The molecule has 5 rings (SSSR count). The van der Waals surface area contributed by atoms with Crippen LogP contribution in [-0.2, 0) is 17.9 Å². The van der Waals surface area contributed by atoms with E-state index in [1.807, 2.05) is 91.9 Å². The molecule has 1 aliphatic rings. The third kappa shape index (κ3) is 4.91. The van der Waals surface area contributed by atoms with Crippen LogP contribution in [0.1, 0.15) is 22.3 Å². The van der Waals surface area contributed by atoms with Crippen LogP contribution < -0.4 is 10.1 Å². The van der Waals surface area contributed by atoms with E-state index in [9.17, 15) is 9.59 Å². The quantitative estimate of drug-likeness (QED) is 0.253. The van der Waals surface area contributed by atoms with E-state index in [-0.39, 0.29) is 18.1 Å². The molecule has 1 aliphatic heterocycles. The number of carbonyl (C=O) groups is 2. The van der Waals surface area contributed by atoms with Gasteiger partial charge in [-0.3, -0.25) is 9.69 Å². The van der Waals surface area contributed by atoms with Crippen molar-refractivity contribution in [1.82, 2.24) is 10.2 Å². The van der Waals surface area contributed by atoms with Crippen LogP contribution >= 0.6 is 11.6 Å². The molecule has 0 bridgehead atoms. The Morgan fingerprint density at radius 3 is 2.51 bits per heavy atom. The number of hydrogen-bond donors (Lipinski definition) is 1. The van der Waals surface area contributed by atoms with Gasteiger partial charge in [-0.05, 0) is 53.1 Å². The number of benzene rings is 4. The number of imide groups is 1. The third-order valence-corrected chi connectivity index (χ3v) is 6.16. The highest BCUT2D eigenvalue weighted by molar-refractivity contribution is 6.30. The highest BCUT2D eigenvalue weighted by Crippen LogP contribution is 2.32. The molecular weight excluding hydrogens is 460 g/mol. The largest absolute Gasteiger partial charge is 0.488 e. The second kappa shape index (κ2) is 9.65. The number of nitrogens with zero attached hydrogens (tertiary/aromatic N) is 1. The number of hydrogen-bond acceptors (Lipinski definition) is 3. The van der Waals surface area contributed by atoms with E-state index in [0.29, 0.717) is 17.4 Å². The smallest absolute Gasteiger partial charge is 0.329 e. The standard InChI is InChI=1S/C29H23ClN2O3/c1-19-5-4-6-21(15-19)17-32-28(33)26(31-29(32)34)16-25-24-8-3-2-7-22(24)11-14-27(25)35-18-20-9-12-23(30)13-10-20/h2-16H,17-18H2,1H3,(H,31,34)/b26-16+. The Hall–Kier alpha value is -4.09. The Kier molecular flexibility index (Phi) is 6.25. The van der Waals surface area contributed by atoms with Gasteiger partial charge >= 0.3 is 6.03 Å². The van der Waals surface area contributed by atoms with Crippen molar-refractivity contribution < 1.29 is 14.3 Å². The molecule has 3 amide bonds. The van der Waals surface area contributed by atoms with Gasteiger partial charge in [-0.15, -0.1) is 0 Å². The van der Waals surface area contributed by atoms with Gasteiger partial charge in [0.25, 0.3) is 5.91 Å². The zero-order valence-corrected chi connectivity index (χ0v) is 19.9. The summed E-state index contributed by atoms with van der Waals surface area (Å²) >= 11 is 5.99. The fourth-order valence-electron chi connectivity index (χ4n) is 4.14. The number of carbonyl (C=O) groups excluding carboxylic acids is 2. The van der Waals surface area contributed by atoms with E-state index in [2.05, 4.69) is 5.32 Å². The maximum Gasteiger partial charge on any atom is 0.329 e. The van der Waals surface area contributed by atoms with Crippen molar-refractivity contribution in [3.05, 3.63) is 118 Å². The zero-order valence-electron chi connectivity index (χ0n) is 19.1. The number of rotatable bonds is 6. The van der Waals surface area contributed by atoms with Gasteiger partial charge in [0.2, 0.25) is 0 Å². The van der Waals surface area contributed by atoms with Gasteiger partial charge in [-0.25, -0.2) is 4.79 Å². The summed E-state index contributed by atoms with van der Waals surface area (Å²) < 4.78 is 6.15. The van der Waals surface area contributed by atoms with E-state index >= 15 is 0 Å². The SMILES string of the molecule is Cc1cccc(CN2C(=O)N/C(=C/c3c(OCc4ccc(Cl)cc4)ccc4ccccc34)C2=O)c1. The normalized spacial score (nSPS) is 14.6. The zero-order chi connectivity index (χ0) is 24.4. The molecular formula is C29H23ClN2O3. The molecule has 0 aliphatic carbocycles. The first-order chi connectivity index (χ1) is 17.0. The minimum Gasteiger partial charge on any atom is -0.488 e. The van der Waals surface area contributed by atoms with Crippen molar-refractivity contribution in [2.24, 2.45) is 0 Å². The first-order valence-corrected chi connectivity index (χ1v) is 11.6. The van der Waals surface area contributed by atoms with Crippen LogP contribution in [-0.4, -0.2) is 16.8 Å². The monoisotopic (exact) mass is 482 g/mol. The molecule has 6 heteroatoms. The lowest BCUT2D eigenvalue weighted by molar-refractivity contribution is -0.123. The van der Waals surface area contributed by atoms with Crippen molar-refractivity contribution in [2.45, 2.75) is 20.1 Å². The second-order valence-electron chi connectivity index (χ2n) is 8.48. The van der Waals surface area contributed by atoms with Crippen LogP contribution in [0.4, 0.5) is 4.79 Å². The molecule has 1 saturated heterocycles. The molecule has 4 aromatic rings. The molecule has 0 saturated carbocycles. The third-order valence-electron chi connectivity index (χ3n) is 5.91. The maximum atomic E-state index is 13.2. The maximum absolute atomic E-state index is 13.2. The molecule has 0 spiro atoms. The summed E-state index contributed by atoms with van der Waals surface area (Å²) in [4.78, 5) is 27.1. The van der Waals surface area contributed by atoms with E-state index in [1.54, 1.807) is 6.08 Å². The lowest BCUT2D eigenvalue weighted by Crippen LogP contribution is -2.30. The topological polar surface area (TPSA) is 58.6 Å². The Morgan fingerprint density at radius 1 is 0.914 bits per heavy atom. The van der Waals surface area contributed by atoms with Crippen LogP contribution in [0.25, 0.3) is 16.8 Å². The lowest BCUT2D eigenvalue weighted by atomic mass is 10.0. The number of halogens is 1. The van der Waals surface area contributed by atoms with Crippen LogP contribution in [0.2, 0.25) is 5.02 Å². The van der Waals surface area contributed by atoms with Gasteiger partial charge in [0.15, 0.2) is 0 Å².